The van der Waals surface area contributed by atoms with Crippen LogP contribution in [0, 0.1) is 0 Å². The van der Waals surface area contributed by atoms with Crippen molar-refractivity contribution >= 4 is 0 Å². The average Bonchev–Trinajstić information content (AvgIpc) is 2.48. The van der Waals surface area contributed by atoms with Crippen molar-refractivity contribution in [3.8, 4) is 0 Å². The molecule has 1 N–H and O–H groups in total. The summed E-state index contributed by atoms with van der Waals surface area (Å²) in [6, 6.07) is 6.98. The summed E-state index contributed by atoms with van der Waals surface area (Å²) in [5, 5.41) is 3.45. The Hall–Kier alpha value is -0.900. The van der Waals surface area contributed by atoms with E-state index in [1.165, 1.54) is 42.4 Å². The molecule has 110 valence electrons. The van der Waals surface area contributed by atoms with Gasteiger partial charge < -0.3 is 10.1 Å². The van der Waals surface area contributed by atoms with Gasteiger partial charge in [-0.05, 0) is 56.0 Å². The lowest BCUT2D eigenvalue weighted by Gasteiger charge is -2.27. The molecule has 1 unspecified atom stereocenters. The highest BCUT2D eigenvalue weighted by molar-refractivity contribution is 5.33. The molecule has 0 aromatic heterocycles. The van der Waals surface area contributed by atoms with Crippen molar-refractivity contribution in [1.29, 1.82) is 0 Å². The standard InChI is InChI=1S/C17H26N2O/c1-19(13-17-4-2-3-9-20-17)12-14-5-6-15-7-8-18-11-16(15)10-14/h5-6,10,17-18H,2-4,7-9,11-13H2,1H3. The van der Waals surface area contributed by atoms with E-state index in [9.17, 15) is 0 Å². The molecule has 3 nitrogen and oxygen atoms in total. The van der Waals surface area contributed by atoms with Crippen molar-refractivity contribution in [2.75, 3.05) is 26.7 Å². The molecule has 1 fully saturated rings. The van der Waals surface area contributed by atoms with Crippen molar-refractivity contribution in [2.24, 2.45) is 0 Å². The van der Waals surface area contributed by atoms with Gasteiger partial charge >= 0.3 is 0 Å². The molecule has 1 aromatic rings. The number of nitrogens with zero attached hydrogens (tertiary/aromatic N) is 1. The SMILES string of the molecule is CN(Cc1ccc2c(c1)CNCC2)CC1CCCCO1. The summed E-state index contributed by atoms with van der Waals surface area (Å²) in [6.45, 7) is 5.16. The topological polar surface area (TPSA) is 24.5 Å². The van der Waals surface area contributed by atoms with Crippen molar-refractivity contribution in [3.63, 3.8) is 0 Å². The van der Waals surface area contributed by atoms with E-state index in [1.807, 2.05) is 0 Å². The maximum atomic E-state index is 5.83. The lowest BCUT2D eigenvalue weighted by molar-refractivity contribution is -0.00259. The first kappa shape index (κ1) is 14.1. The highest BCUT2D eigenvalue weighted by Crippen LogP contribution is 2.18. The number of hydrogen-bond donors (Lipinski definition) is 1. The van der Waals surface area contributed by atoms with Gasteiger partial charge in [0.25, 0.3) is 0 Å². The van der Waals surface area contributed by atoms with E-state index in [0.29, 0.717) is 6.10 Å². The van der Waals surface area contributed by atoms with E-state index >= 15 is 0 Å². The Morgan fingerprint density at radius 1 is 1.30 bits per heavy atom. The van der Waals surface area contributed by atoms with Crippen LogP contribution in [0.1, 0.15) is 36.0 Å². The fourth-order valence-electron chi connectivity index (χ4n) is 3.31. The number of hydrogen-bond acceptors (Lipinski definition) is 3. The summed E-state index contributed by atoms with van der Waals surface area (Å²) >= 11 is 0. The van der Waals surface area contributed by atoms with Crippen LogP contribution in [-0.2, 0) is 24.2 Å². The molecule has 20 heavy (non-hydrogen) atoms. The van der Waals surface area contributed by atoms with Crippen LogP contribution in [-0.4, -0.2) is 37.7 Å². The predicted molar refractivity (Wildman–Crippen MR) is 81.8 cm³/mol. The molecule has 2 aliphatic heterocycles. The Labute approximate surface area is 122 Å². The second kappa shape index (κ2) is 6.70. The number of ether oxygens (including phenoxy) is 1. The Bertz CT molecular complexity index is 441. The van der Waals surface area contributed by atoms with Crippen LogP contribution in [0.3, 0.4) is 0 Å². The summed E-state index contributed by atoms with van der Waals surface area (Å²) in [5.74, 6) is 0. The van der Waals surface area contributed by atoms with Gasteiger partial charge in [-0.1, -0.05) is 18.2 Å². The molecule has 1 saturated heterocycles. The predicted octanol–water partition coefficient (Wildman–Crippen LogP) is 2.33. The van der Waals surface area contributed by atoms with E-state index in [0.717, 1.165) is 32.8 Å². The van der Waals surface area contributed by atoms with E-state index < -0.39 is 0 Å². The molecule has 0 amide bonds. The average molecular weight is 274 g/mol. The Morgan fingerprint density at radius 3 is 3.10 bits per heavy atom. The molecule has 2 heterocycles. The quantitative estimate of drug-likeness (QED) is 0.912. The number of benzene rings is 1. The molecule has 0 radical (unpaired) electrons. The van der Waals surface area contributed by atoms with Crippen LogP contribution in [0.4, 0.5) is 0 Å². The van der Waals surface area contributed by atoms with Crippen molar-refractivity contribution < 1.29 is 4.74 Å². The number of rotatable bonds is 4. The minimum atomic E-state index is 0.438. The minimum absolute atomic E-state index is 0.438. The van der Waals surface area contributed by atoms with Gasteiger partial charge in [0, 0.05) is 26.2 Å². The maximum Gasteiger partial charge on any atom is 0.0702 e. The molecule has 0 spiro atoms. The van der Waals surface area contributed by atoms with E-state index in [4.69, 9.17) is 4.74 Å². The first-order valence-electron chi connectivity index (χ1n) is 7.93. The molecule has 0 aliphatic carbocycles. The molecule has 3 heteroatoms. The molecule has 1 atom stereocenters. The van der Waals surface area contributed by atoms with Gasteiger partial charge in [-0.2, -0.15) is 0 Å². The molecule has 2 aliphatic rings. The zero-order chi connectivity index (χ0) is 13.8. The number of likely N-dealkylation sites (N-methyl/N-ethyl adjacent to an activating group) is 1. The summed E-state index contributed by atoms with van der Waals surface area (Å²) < 4.78 is 5.83. The van der Waals surface area contributed by atoms with Crippen molar-refractivity contribution in [1.82, 2.24) is 10.2 Å². The highest BCUT2D eigenvalue weighted by Gasteiger charge is 2.16. The Morgan fingerprint density at radius 2 is 2.25 bits per heavy atom. The zero-order valence-corrected chi connectivity index (χ0v) is 12.5. The Kier molecular flexibility index (Phi) is 4.71. The molecular formula is C17H26N2O. The smallest absolute Gasteiger partial charge is 0.0702 e. The number of fused-ring (bicyclic) bond motifs is 1. The van der Waals surface area contributed by atoms with Crippen LogP contribution in [0.2, 0.25) is 0 Å². The third kappa shape index (κ3) is 3.60. The van der Waals surface area contributed by atoms with Gasteiger partial charge in [-0.25, -0.2) is 0 Å². The van der Waals surface area contributed by atoms with Crippen molar-refractivity contribution in [2.45, 2.75) is 44.9 Å². The normalized spacial score (nSPS) is 22.8. The van der Waals surface area contributed by atoms with Gasteiger partial charge in [-0.15, -0.1) is 0 Å². The fraction of sp³-hybridized carbons (Fsp3) is 0.647. The van der Waals surface area contributed by atoms with E-state index in [-0.39, 0.29) is 0 Å². The highest BCUT2D eigenvalue weighted by atomic mass is 16.5. The first-order chi connectivity index (χ1) is 9.81. The maximum absolute atomic E-state index is 5.83. The van der Waals surface area contributed by atoms with E-state index in [1.54, 1.807) is 0 Å². The van der Waals surface area contributed by atoms with Crippen LogP contribution in [0.5, 0.6) is 0 Å². The van der Waals surface area contributed by atoms with Crippen LogP contribution in [0.25, 0.3) is 0 Å². The first-order valence-corrected chi connectivity index (χ1v) is 7.93. The Balaban J connectivity index is 1.56. The lowest BCUT2D eigenvalue weighted by Crippen LogP contribution is -2.33. The van der Waals surface area contributed by atoms with Crippen LogP contribution >= 0.6 is 0 Å². The van der Waals surface area contributed by atoms with Gasteiger partial charge in [-0.3, -0.25) is 4.90 Å². The van der Waals surface area contributed by atoms with Crippen LogP contribution in [0.15, 0.2) is 18.2 Å². The monoisotopic (exact) mass is 274 g/mol. The molecule has 0 bridgehead atoms. The molecule has 1 aromatic carbocycles. The van der Waals surface area contributed by atoms with Gasteiger partial charge in [0.1, 0.15) is 0 Å². The minimum Gasteiger partial charge on any atom is -0.377 e. The summed E-state index contributed by atoms with van der Waals surface area (Å²) in [6.07, 6.45) is 5.38. The lowest BCUT2D eigenvalue weighted by atomic mass is 9.98. The molecular weight excluding hydrogens is 248 g/mol. The summed E-state index contributed by atoms with van der Waals surface area (Å²) in [7, 11) is 2.20. The summed E-state index contributed by atoms with van der Waals surface area (Å²) in [4.78, 5) is 2.40. The summed E-state index contributed by atoms with van der Waals surface area (Å²) in [5.41, 5.74) is 4.42. The third-order valence-electron chi connectivity index (χ3n) is 4.40. The largest absolute Gasteiger partial charge is 0.377 e. The van der Waals surface area contributed by atoms with Gasteiger partial charge in [0.2, 0.25) is 0 Å². The second-order valence-electron chi connectivity index (χ2n) is 6.22. The second-order valence-corrected chi connectivity index (χ2v) is 6.22. The zero-order valence-electron chi connectivity index (χ0n) is 12.5. The number of nitrogens with one attached hydrogen (secondary N) is 1. The fourth-order valence-corrected chi connectivity index (χ4v) is 3.31. The van der Waals surface area contributed by atoms with Crippen molar-refractivity contribution in [3.05, 3.63) is 34.9 Å². The van der Waals surface area contributed by atoms with Gasteiger partial charge in [0.15, 0.2) is 0 Å². The molecule has 0 saturated carbocycles. The van der Waals surface area contributed by atoms with Gasteiger partial charge in [0.05, 0.1) is 6.10 Å². The van der Waals surface area contributed by atoms with E-state index in [2.05, 4.69) is 35.5 Å². The third-order valence-corrected chi connectivity index (χ3v) is 4.40. The molecule has 3 rings (SSSR count). The van der Waals surface area contributed by atoms with Crippen LogP contribution < -0.4 is 5.32 Å².